The topological polar surface area (TPSA) is 106 Å². The van der Waals surface area contributed by atoms with Crippen LogP contribution < -0.4 is 11.1 Å². The normalized spacial score (nSPS) is 13.1. The molecule has 9 heteroatoms. The number of nitrogens with one attached hydrogen (secondary N) is 1. The van der Waals surface area contributed by atoms with Gasteiger partial charge in [-0.3, -0.25) is 4.79 Å². The van der Waals surface area contributed by atoms with E-state index >= 15 is 4.39 Å². The average molecular weight is 468 g/mol. The molecule has 1 amide bonds. The minimum atomic E-state index is -1.18. The van der Waals surface area contributed by atoms with Crippen molar-refractivity contribution in [2.24, 2.45) is 0 Å². The van der Waals surface area contributed by atoms with Crippen LogP contribution in [0.3, 0.4) is 0 Å². The molecule has 33 heavy (non-hydrogen) atoms. The summed E-state index contributed by atoms with van der Waals surface area (Å²) in [5.41, 5.74) is 6.87. The third kappa shape index (κ3) is 4.67. The molecule has 0 aliphatic heterocycles. The van der Waals surface area contributed by atoms with E-state index in [1.165, 1.54) is 4.52 Å². The lowest BCUT2D eigenvalue weighted by atomic mass is 9.92. The van der Waals surface area contributed by atoms with E-state index in [1.54, 1.807) is 68.6 Å². The second kappa shape index (κ2) is 8.80. The first kappa shape index (κ1) is 22.7. The van der Waals surface area contributed by atoms with Crippen molar-refractivity contribution in [2.75, 3.05) is 12.3 Å². The highest BCUT2D eigenvalue weighted by molar-refractivity contribution is 6.30. The summed E-state index contributed by atoms with van der Waals surface area (Å²) < 4.78 is 16.9. The van der Waals surface area contributed by atoms with Crippen molar-refractivity contribution in [3.05, 3.63) is 82.3 Å². The Hall–Kier alpha value is -3.49. The molecule has 2 heterocycles. The lowest BCUT2D eigenvalue weighted by molar-refractivity contribution is 0.0475. The van der Waals surface area contributed by atoms with Crippen LogP contribution in [0.1, 0.15) is 34.8 Å². The third-order valence-corrected chi connectivity index (χ3v) is 5.86. The van der Waals surface area contributed by atoms with Crippen LogP contribution in [0.5, 0.6) is 0 Å². The molecule has 0 fully saturated rings. The number of carbonyl (C=O) groups excluding carboxylic acids is 1. The van der Waals surface area contributed by atoms with E-state index in [1.807, 2.05) is 0 Å². The zero-order valence-corrected chi connectivity index (χ0v) is 18.9. The van der Waals surface area contributed by atoms with Crippen LogP contribution in [0.4, 0.5) is 10.3 Å². The van der Waals surface area contributed by atoms with Crippen molar-refractivity contribution in [2.45, 2.75) is 25.9 Å². The maximum absolute atomic E-state index is 15.4. The lowest BCUT2D eigenvalue weighted by Crippen LogP contribution is -2.32. The molecule has 1 unspecified atom stereocenters. The molecular formula is C24H23ClFN5O2. The molecule has 0 aliphatic carbocycles. The van der Waals surface area contributed by atoms with E-state index in [0.717, 1.165) is 0 Å². The van der Waals surface area contributed by atoms with Crippen molar-refractivity contribution in [1.29, 1.82) is 0 Å². The molecule has 0 bridgehead atoms. The molecule has 2 aromatic heterocycles. The number of aryl methyl sites for hydroxylation is 1. The number of aromatic nitrogens is 3. The number of carbonyl (C=O) groups is 1. The van der Waals surface area contributed by atoms with Crippen LogP contribution in [0.2, 0.25) is 5.02 Å². The van der Waals surface area contributed by atoms with Crippen LogP contribution in [-0.4, -0.2) is 32.2 Å². The smallest absolute Gasteiger partial charge is 0.254 e. The fourth-order valence-corrected chi connectivity index (χ4v) is 3.83. The minimum absolute atomic E-state index is 0.0421. The number of rotatable bonds is 6. The lowest BCUT2D eigenvalue weighted by Gasteiger charge is -2.24. The highest BCUT2D eigenvalue weighted by Crippen LogP contribution is 2.29. The molecule has 4 rings (SSSR count). The van der Waals surface area contributed by atoms with Gasteiger partial charge in [0.2, 0.25) is 5.95 Å². The molecule has 4 N–H and O–H groups in total. The first-order valence-electron chi connectivity index (χ1n) is 10.3. The van der Waals surface area contributed by atoms with Gasteiger partial charge in [-0.15, -0.1) is 5.10 Å². The van der Waals surface area contributed by atoms with Crippen molar-refractivity contribution < 1.29 is 14.3 Å². The Morgan fingerprint density at radius 3 is 2.70 bits per heavy atom. The quantitative estimate of drug-likeness (QED) is 0.396. The number of hydrogen-bond acceptors (Lipinski definition) is 5. The van der Waals surface area contributed by atoms with Gasteiger partial charge in [-0.25, -0.2) is 8.91 Å². The Kier molecular flexibility index (Phi) is 6.05. The summed E-state index contributed by atoms with van der Waals surface area (Å²) in [6.07, 6.45) is 1.87. The largest absolute Gasteiger partial charge is 0.385 e. The molecule has 0 radical (unpaired) electrons. The van der Waals surface area contributed by atoms with Gasteiger partial charge in [-0.05, 0) is 61.2 Å². The molecule has 170 valence electrons. The van der Waals surface area contributed by atoms with Gasteiger partial charge in [0.05, 0.1) is 11.2 Å². The van der Waals surface area contributed by atoms with Crippen LogP contribution >= 0.6 is 11.6 Å². The van der Waals surface area contributed by atoms with Gasteiger partial charge in [-0.1, -0.05) is 35.9 Å². The molecule has 0 spiro atoms. The van der Waals surface area contributed by atoms with Gasteiger partial charge >= 0.3 is 0 Å². The number of amides is 1. The second-order valence-electron chi connectivity index (χ2n) is 8.09. The summed E-state index contributed by atoms with van der Waals surface area (Å²) in [5.74, 6) is -1.06. The molecule has 0 aliphatic rings. The highest BCUT2D eigenvalue weighted by atomic mass is 35.5. The maximum Gasteiger partial charge on any atom is 0.254 e. The van der Waals surface area contributed by atoms with E-state index in [4.69, 9.17) is 17.3 Å². The van der Waals surface area contributed by atoms with Crippen molar-refractivity contribution in [3.8, 4) is 11.1 Å². The van der Waals surface area contributed by atoms with E-state index in [2.05, 4.69) is 15.4 Å². The van der Waals surface area contributed by atoms with Gasteiger partial charge < -0.3 is 16.2 Å². The van der Waals surface area contributed by atoms with E-state index in [9.17, 15) is 9.90 Å². The Balaban J connectivity index is 1.53. The van der Waals surface area contributed by atoms with Gasteiger partial charge in [0.1, 0.15) is 5.82 Å². The zero-order chi connectivity index (χ0) is 23.8. The molecular weight excluding hydrogens is 445 g/mol. The molecule has 0 saturated heterocycles. The summed E-state index contributed by atoms with van der Waals surface area (Å²) in [6, 6.07) is 13.5. The number of nitrogens with zero attached hydrogens (tertiary/aromatic N) is 3. The SMILES string of the molecule is Cc1ccc(-c2ccn3nc(N)nc3c2)c(F)c1C(=O)NCCC(C)(O)c1ccc(Cl)cc1. The van der Waals surface area contributed by atoms with Crippen molar-refractivity contribution in [1.82, 2.24) is 19.9 Å². The van der Waals surface area contributed by atoms with Gasteiger partial charge in [0.15, 0.2) is 5.65 Å². The van der Waals surface area contributed by atoms with E-state index in [-0.39, 0.29) is 30.0 Å². The van der Waals surface area contributed by atoms with E-state index < -0.39 is 17.3 Å². The first-order chi connectivity index (χ1) is 15.7. The summed E-state index contributed by atoms with van der Waals surface area (Å²) in [5, 5.41) is 18.1. The number of nitrogens with two attached hydrogens (primary N) is 1. The first-order valence-corrected chi connectivity index (χ1v) is 10.7. The third-order valence-electron chi connectivity index (χ3n) is 5.61. The molecule has 7 nitrogen and oxygen atoms in total. The molecule has 1 atom stereocenters. The minimum Gasteiger partial charge on any atom is -0.385 e. The molecule has 0 saturated carbocycles. The average Bonchev–Trinajstić information content (AvgIpc) is 3.13. The number of nitrogen functional groups attached to an aromatic ring is 1. The second-order valence-corrected chi connectivity index (χ2v) is 8.53. The highest BCUT2D eigenvalue weighted by Gasteiger charge is 2.24. The number of aliphatic hydroxyl groups is 1. The standard InChI is InChI=1S/C24H23ClFN5O2/c1-14-3-8-18(15-9-12-31-19(13-15)29-23(27)30-31)21(26)20(14)22(32)28-11-10-24(2,33)16-4-6-17(25)7-5-16/h3-9,12-13,33H,10-11H2,1-2H3,(H2,27,30)(H,28,32). The number of anilines is 1. The number of hydrogen-bond donors (Lipinski definition) is 3. The van der Waals surface area contributed by atoms with Gasteiger partial charge in [0.25, 0.3) is 5.91 Å². The Morgan fingerprint density at radius 1 is 1.24 bits per heavy atom. The summed E-state index contributed by atoms with van der Waals surface area (Å²) in [4.78, 5) is 17.0. The van der Waals surface area contributed by atoms with E-state index in [0.29, 0.717) is 27.4 Å². The monoisotopic (exact) mass is 467 g/mol. The molecule has 2 aromatic carbocycles. The van der Waals surface area contributed by atoms with Gasteiger partial charge in [-0.2, -0.15) is 4.98 Å². The Morgan fingerprint density at radius 2 is 1.97 bits per heavy atom. The number of pyridine rings is 1. The summed E-state index contributed by atoms with van der Waals surface area (Å²) in [7, 11) is 0. The number of benzene rings is 2. The summed E-state index contributed by atoms with van der Waals surface area (Å²) in [6.45, 7) is 3.48. The fourth-order valence-electron chi connectivity index (χ4n) is 3.70. The van der Waals surface area contributed by atoms with Gasteiger partial charge in [0, 0.05) is 23.3 Å². The Bertz CT molecular complexity index is 1330. The number of fused-ring (bicyclic) bond motifs is 1. The maximum atomic E-state index is 15.4. The molecule has 4 aromatic rings. The van der Waals surface area contributed by atoms with Crippen LogP contribution in [0.25, 0.3) is 16.8 Å². The predicted octanol–water partition coefficient (Wildman–Crippen LogP) is 4.11. The fraction of sp³-hybridized carbons (Fsp3) is 0.208. The van der Waals surface area contributed by atoms with Crippen LogP contribution in [0, 0.1) is 12.7 Å². The Labute approximate surface area is 195 Å². The zero-order valence-electron chi connectivity index (χ0n) is 18.1. The number of halogens is 2. The van der Waals surface area contributed by atoms with Crippen molar-refractivity contribution >= 4 is 29.1 Å². The summed E-state index contributed by atoms with van der Waals surface area (Å²) >= 11 is 5.90. The van der Waals surface area contributed by atoms with Crippen molar-refractivity contribution in [3.63, 3.8) is 0 Å². The van der Waals surface area contributed by atoms with Crippen LogP contribution in [-0.2, 0) is 5.60 Å². The predicted molar refractivity (Wildman–Crippen MR) is 126 cm³/mol. The van der Waals surface area contributed by atoms with Crippen LogP contribution in [0.15, 0.2) is 54.7 Å².